The molecule has 2 heterocycles. The van der Waals surface area contributed by atoms with E-state index in [1.54, 1.807) is 24.1 Å². The van der Waals surface area contributed by atoms with Gasteiger partial charge in [-0.15, -0.1) is 0 Å². The normalized spacial score (nSPS) is 20.8. The van der Waals surface area contributed by atoms with Gasteiger partial charge in [0.2, 0.25) is 11.8 Å². The molecule has 0 saturated carbocycles. The second kappa shape index (κ2) is 8.64. The average Bonchev–Trinajstić information content (AvgIpc) is 3.22. The number of aliphatic imine (C=N–C) groups is 1. The molecular formula is C20H21N5O3S. The van der Waals surface area contributed by atoms with E-state index in [-0.39, 0.29) is 29.7 Å². The van der Waals surface area contributed by atoms with E-state index in [0.29, 0.717) is 23.1 Å². The number of amides is 2. The number of benzene rings is 2. The molecule has 2 aromatic carbocycles. The summed E-state index contributed by atoms with van der Waals surface area (Å²) in [6.45, 7) is 0.516. The summed E-state index contributed by atoms with van der Waals surface area (Å²) in [6.07, 6.45) is -0.331. The molecule has 4 rings (SSSR count). The van der Waals surface area contributed by atoms with Crippen molar-refractivity contribution in [2.24, 2.45) is 10.9 Å². The Morgan fingerprint density at radius 3 is 2.79 bits per heavy atom. The van der Waals surface area contributed by atoms with E-state index in [1.165, 1.54) is 11.8 Å². The highest BCUT2D eigenvalue weighted by atomic mass is 32.2. The minimum absolute atomic E-state index is 0.0404. The molecular weight excluding hydrogens is 390 g/mol. The highest BCUT2D eigenvalue weighted by Crippen LogP contribution is 2.29. The van der Waals surface area contributed by atoms with E-state index in [1.807, 2.05) is 42.5 Å². The van der Waals surface area contributed by atoms with E-state index < -0.39 is 0 Å². The van der Waals surface area contributed by atoms with Crippen molar-refractivity contribution in [3.8, 4) is 5.75 Å². The number of thioether (sulfide) groups is 1. The van der Waals surface area contributed by atoms with E-state index in [9.17, 15) is 9.59 Å². The fraction of sp³-hybridized carbons (Fsp3) is 0.250. The summed E-state index contributed by atoms with van der Waals surface area (Å²) >= 11 is 1.23. The molecule has 2 aliphatic rings. The van der Waals surface area contributed by atoms with Crippen molar-refractivity contribution >= 4 is 40.1 Å². The summed E-state index contributed by atoms with van der Waals surface area (Å²) < 4.78 is 5.26. The average molecular weight is 411 g/mol. The molecule has 2 aliphatic heterocycles. The molecule has 1 saturated heterocycles. The van der Waals surface area contributed by atoms with Crippen LogP contribution in [0.5, 0.6) is 5.75 Å². The zero-order chi connectivity index (χ0) is 20.2. The van der Waals surface area contributed by atoms with Gasteiger partial charge in [0.15, 0.2) is 5.17 Å². The molecule has 2 amide bonds. The molecule has 0 bridgehead atoms. The predicted octanol–water partition coefficient (Wildman–Crippen LogP) is 1.82. The highest BCUT2D eigenvalue weighted by Gasteiger charge is 2.42. The number of anilines is 2. The van der Waals surface area contributed by atoms with Crippen molar-refractivity contribution in [1.82, 2.24) is 10.9 Å². The molecule has 0 spiro atoms. The maximum atomic E-state index is 13.1. The molecule has 2 aromatic rings. The molecule has 2 unspecified atom stereocenters. The van der Waals surface area contributed by atoms with Crippen molar-refractivity contribution in [2.45, 2.75) is 6.17 Å². The maximum Gasteiger partial charge on any atom is 0.241 e. The molecule has 2 atom stereocenters. The van der Waals surface area contributed by atoms with Crippen LogP contribution in [-0.2, 0) is 9.59 Å². The third-order valence-electron chi connectivity index (χ3n) is 4.66. The van der Waals surface area contributed by atoms with Gasteiger partial charge in [0.25, 0.3) is 0 Å². The summed E-state index contributed by atoms with van der Waals surface area (Å²) in [7, 11) is 1.55. The number of nitrogens with one attached hydrogen (secondary N) is 3. The van der Waals surface area contributed by atoms with Gasteiger partial charge in [0, 0.05) is 6.54 Å². The second-order valence-corrected chi connectivity index (χ2v) is 7.48. The zero-order valence-electron chi connectivity index (χ0n) is 15.8. The Morgan fingerprint density at radius 2 is 2.00 bits per heavy atom. The Balaban J connectivity index is 1.50. The lowest BCUT2D eigenvalue weighted by Crippen LogP contribution is -2.49. The van der Waals surface area contributed by atoms with Crippen LogP contribution in [0.1, 0.15) is 0 Å². The van der Waals surface area contributed by atoms with Crippen LogP contribution in [-0.4, -0.2) is 42.6 Å². The molecule has 0 aliphatic carbocycles. The first kappa shape index (κ1) is 19.4. The largest absolute Gasteiger partial charge is 0.495 e. The molecule has 29 heavy (non-hydrogen) atoms. The van der Waals surface area contributed by atoms with Crippen LogP contribution in [0.3, 0.4) is 0 Å². The van der Waals surface area contributed by atoms with Gasteiger partial charge in [0.05, 0.1) is 30.2 Å². The first-order valence-electron chi connectivity index (χ1n) is 9.18. The van der Waals surface area contributed by atoms with Gasteiger partial charge in [-0.3, -0.25) is 19.9 Å². The summed E-state index contributed by atoms with van der Waals surface area (Å²) in [6, 6.07) is 16.6. The number of rotatable bonds is 5. The van der Waals surface area contributed by atoms with Crippen LogP contribution < -0.4 is 25.8 Å². The van der Waals surface area contributed by atoms with Crippen LogP contribution >= 0.6 is 11.8 Å². The number of nitrogens with zero attached hydrogens (tertiary/aromatic N) is 2. The van der Waals surface area contributed by atoms with Crippen LogP contribution in [0, 0.1) is 5.92 Å². The molecule has 8 nitrogen and oxygen atoms in total. The van der Waals surface area contributed by atoms with Crippen LogP contribution in [0.15, 0.2) is 59.6 Å². The van der Waals surface area contributed by atoms with Crippen LogP contribution in [0.2, 0.25) is 0 Å². The van der Waals surface area contributed by atoms with Crippen LogP contribution in [0.4, 0.5) is 11.4 Å². The number of hydrogen-bond donors (Lipinski definition) is 3. The van der Waals surface area contributed by atoms with E-state index >= 15 is 0 Å². The number of ether oxygens (including phenoxy) is 1. The van der Waals surface area contributed by atoms with Crippen LogP contribution in [0.25, 0.3) is 0 Å². The SMILES string of the molecule is COc1ccccc1NC(=O)CSC1=NC2NNCC2C(=O)N1c1ccccc1. The van der Waals surface area contributed by atoms with Crippen molar-refractivity contribution in [3.05, 3.63) is 54.6 Å². The number of methoxy groups -OCH3 is 1. The van der Waals surface area contributed by atoms with Gasteiger partial charge in [0.1, 0.15) is 11.9 Å². The molecule has 1 fully saturated rings. The lowest BCUT2D eigenvalue weighted by Gasteiger charge is -2.32. The first-order valence-corrected chi connectivity index (χ1v) is 10.2. The van der Waals surface area contributed by atoms with E-state index in [0.717, 1.165) is 5.69 Å². The standard InChI is InChI=1S/C20H21N5O3S/c1-28-16-10-6-5-9-15(16)22-17(26)12-29-20-23-18-14(11-21-24-18)19(27)25(20)13-7-3-2-4-8-13/h2-10,14,18,21,24H,11-12H2,1H3,(H,22,26). The Hall–Kier alpha value is -2.88. The number of hydrogen-bond acceptors (Lipinski definition) is 7. The third kappa shape index (κ3) is 4.12. The fourth-order valence-electron chi connectivity index (χ4n) is 3.25. The van der Waals surface area contributed by atoms with Gasteiger partial charge in [-0.25, -0.2) is 10.4 Å². The number of fused-ring (bicyclic) bond motifs is 1. The Labute approximate surface area is 172 Å². The Kier molecular flexibility index (Phi) is 5.79. The second-order valence-electron chi connectivity index (χ2n) is 6.53. The monoisotopic (exact) mass is 411 g/mol. The number of amidine groups is 1. The fourth-order valence-corrected chi connectivity index (χ4v) is 4.09. The molecule has 0 radical (unpaired) electrons. The zero-order valence-corrected chi connectivity index (χ0v) is 16.6. The third-order valence-corrected chi connectivity index (χ3v) is 5.61. The lowest BCUT2D eigenvalue weighted by molar-refractivity contribution is -0.121. The number of carbonyl (C=O) groups excluding carboxylic acids is 2. The minimum atomic E-state index is -0.331. The van der Waals surface area contributed by atoms with E-state index in [4.69, 9.17) is 4.74 Å². The molecule has 9 heteroatoms. The van der Waals surface area contributed by atoms with Crippen molar-refractivity contribution < 1.29 is 14.3 Å². The Bertz CT molecular complexity index is 937. The van der Waals surface area contributed by atoms with Gasteiger partial charge in [-0.2, -0.15) is 0 Å². The van der Waals surface area contributed by atoms with Gasteiger partial charge >= 0.3 is 0 Å². The summed E-state index contributed by atoms with van der Waals surface area (Å²) in [5.41, 5.74) is 7.34. The summed E-state index contributed by atoms with van der Waals surface area (Å²) in [4.78, 5) is 31.8. The van der Waals surface area contributed by atoms with Crippen molar-refractivity contribution in [3.63, 3.8) is 0 Å². The Morgan fingerprint density at radius 1 is 1.24 bits per heavy atom. The van der Waals surface area contributed by atoms with Gasteiger partial charge in [-0.05, 0) is 24.3 Å². The minimum Gasteiger partial charge on any atom is -0.495 e. The number of hydrazine groups is 1. The topological polar surface area (TPSA) is 95.1 Å². The van der Waals surface area contributed by atoms with Gasteiger partial charge in [-0.1, -0.05) is 42.1 Å². The summed E-state index contributed by atoms with van der Waals surface area (Å²) in [5.74, 6) is 0.176. The lowest BCUT2D eigenvalue weighted by atomic mass is 10.1. The molecule has 150 valence electrons. The highest BCUT2D eigenvalue weighted by molar-refractivity contribution is 8.14. The first-order chi connectivity index (χ1) is 14.2. The van der Waals surface area contributed by atoms with Crippen molar-refractivity contribution in [1.29, 1.82) is 0 Å². The van der Waals surface area contributed by atoms with Gasteiger partial charge < -0.3 is 10.1 Å². The van der Waals surface area contributed by atoms with E-state index in [2.05, 4.69) is 21.2 Å². The smallest absolute Gasteiger partial charge is 0.241 e. The number of para-hydroxylation sites is 3. The number of carbonyl (C=O) groups is 2. The predicted molar refractivity (Wildman–Crippen MR) is 114 cm³/mol. The maximum absolute atomic E-state index is 13.1. The quantitative estimate of drug-likeness (QED) is 0.695. The molecule has 3 N–H and O–H groups in total. The van der Waals surface area contributed by atoms with Crippen molar-refractivity contribution in [2.75, 3.05) is 29.6 Å². The summed E-state index contributed by atoms with van der Waals surface area (Å²) in [5, 5.41) is 3.34. The molecule has 0 aromatic heterocycles.